The summed E-state index contributed by atoms with van der Waals surface area (Å²) in [6.45, 7) is -2.87. The molecule has 1 aliphatic rings. The van der Waals surface area contributed by atoms with Gasteiger partial charge in [-0.25, -0.2) is 8.42 Å². The largest absolute Gasteiger partial charge is 0.435 e. The van der Waals surface area contributed by atoms with Gasteiger partial charge in [-0.2, -0.15) is 8.78 Å². The van der Waals surface area contributed by atoms with E-state index in [0.29, 0.717) is 12.1 Å². The van der Waals surface area contributed by atoms with E-state index in [2.05, 4.69) is 10.1 Å². The summed E-state index contributed by atoms with van der Waals surface area (Å²) in [5.74, 6) is 0.353. The Morgan fingerprint density at radius 1 is 1.37 bits per heavy atom. The fourth-order valence-corrected chi connectivity index (χ4v) is 3.77. The Balaban J connectivity index is 2.02. The second kappa shape index (κ2) is 5.73. The first kappa shape index (κ1) is 14.0. The zero-order valence-corrected chi connectivity index (χ0v) is 11.0. The van der Waals surface area contributed by atoms with Crippen molar-refractivity contribution in [2.45, 2.75) is 25.5 Å². The Morgan fingerprint density at radius 2 is 2.16 bits per heavy atom. The van der Waals surface area contributed by atoms with Crippen LogP contribution in [0.4, 0.5) is 14.5 Å². The van der Waals surface area contributed by atoms with Crippen LogP contribution in [0.5, 0.6) is 5.75 Å². The summed E-state index contributed by atoms with van der Waals surface area (Å²) in [5.41, 5.74) is 0.584. The summed E-state index contributed by atoms with van der Waals surface area (Å²) >= 11 is 0. The Kier molecular flexibility index (Phi) is 4.24. The summed E-state index contributed by atoms with van der Waals surface area (Å²) in [5, 5.41) is 3.05. The second-order valence-electron chi connectivity index (χ2n) is 4.50. The molecule has 19 heavy (non-hydrogen) atoms. The van der Waals surface area contributed by atoms with Gasteiger partial charge in [0.25, 0.3) is 0 Å². The van der Waals surface area contributed by atoms with Crippen molar-refractivity contribution in [2.24, 2.45) is 0 Å². The van der Waals surface area contributed by atoms with E-state index >= 15 is 0 Å². The zero-order chi connectivity index (χ0) is 13.9. The monoisotopic (exact) mass is 291 g/mol. The van der Waals surface area contributed by atoms with Crippen molar-refractivity contribution in [3.8, 4) is 5.75 Å². The molecule has 0 radical (unpaired) electrons. The number of benzene rings is 1. The van der Waals surface area contributed by atoms with Crippen LogP contribution in [0.25, 0.3) is 0 Å². The van der Waals surface area contributed by atoms with Gasteiger partial charge in [0.15, 0.2) is 9.84 Å². The molecule has 1 aromatic rings. The first-order valence-corrected chi connectivity index (χ1v) is 7.78. The number of hydrogen-bond donors (Lipinski definition) is 1. The van der Waals surface area contributed by atoms with E-state index in [1.807, 2.05) is 0 Å². The molecular weight excluding hydrogens is 276 g/mol. The van der Waals surface area contributed by atoms with E-state index in [-0.39, 0.29) is 23.3 Å². The molecule has 1 fully saturated rings. The van der Waals surface area contributed by atoms with Crippen molar-refractivity contribution in [3.05, 3.63) is 24.3 Å². The number of halogens is 2. The normalized spacial score (nSPS) is 22.2. The second-order valence-corrected chi connectivity index (χ2v) is 6.73. The first-order valence-electron chi connectivity index (χ1n) is 5.96. The van der Waals surface area contributed by atoms with Crippen LogP contribution in [-0.4, -0.2) is 32.6 Å². The maximum absolute atomic E-state index is 12.1. The van der Waals surface area contributed by atoms with Crippen LogP contribution in [0, 0.1) is 0 Å². The lowest BCUT2D eigenvalue weighted by Gasteiger charge is -2.24. The van der Waals surface area contributed by atoms with Crippen LogP contribution in [0.3, 0.4) is 0 Å². The number of anilines is 1. The Hall–Kier alpha value is -1.37. The number of nitrogens with one attached hydrogen (secondary N) is 1. The molecular formula is C12H15F2NO3S. The predicted octanol–water partition coefficient (Wildman–Crippen LogP) is 2.28. The Labute approximate surface area is 110 Å². The topological polar surface area (TPSA) is 55.4 Å². The van der Waals surface area contributed by atoms with Crippen LogP contribution < -0.4 is 10.1 Å². The van der Waals surface area contributed by atoms with Crippen LogP contribution >= 0.6 is 0 Å². The lowest BCUT2D eigenvalue weighted by atomic mass is 10.1. The van der Waals surface area contributed by atoms with Gasteiger partial charge in [0.1, 0.15) is 5.75 Å². The number of rotatable bonds is 4. The van der Waals surface area contributed by atoms with Gasteiger partial charge >= 0.3 is 6.61 Å². The van der Waals surface area contributed by atoms with Crippen LogP contribution in [0.15, 0.2) is 24.3 Å². The van der Waals surface area contributed by atoms with Gasteiger partial charge in [-0.3, -0.25) is 0 Å². The fraction of sp³-hybridized carbons (Fsp3) is 0.500. The summed E-state index contributed by atoms with van der Waals surface area (Å²) < 4.78 is 51.5. The number of alkyl halides is 2. The van der Waals surface area contributed by atoms with E-state index in [1.165, 1.54) is 12.1 Å². The molecule has 0 aliphatic carbocycles. The highest BCUT2D eigenvalue weighted by atomic mass is 32.2. The van der Waals surface area contributed by atoms with E-state index in [4.69, 9.17) is 0 Å². The van der Waals surface area contributed by atoms with Gasteiger partial charge in [-0.15, -0.1) is 0 Å². The summed E-state index contributed by atoms with van der Waals surface area (Å²) in [6.07, 6.45) is 1.37. The van der Waals surface area contributed by atoms with Gasteiger partial charge in [0.05, 0.1) is 11.5 Å². The van der Waals surface area contributed by atoms with Crippen LogP contribution in [0.1, 0.15) is 12.8 Å². The molecule has 0 spiro atoms. The molecule has 0 amide bonds. The van der Waals surface area contributed by atoms with E-state index in [9.17, 15) is 17.2 Å². The maximum Gasteiger partial charge on any atom is 0.387 e. The van der Waals surface area contributed by atoms with Crippen molar-refractivity contribution >= 4 is 15.5 Å². The first-order chi connectivity index (χ1) is 8.94. The molecule has 1 unspecified atom stereocenters. The molecule has 0 bridgehead atoms. The highest BCUT2D eigenvalue weighted by molar-refractivity contribution is 7.91. The minimum absolute atomic E-state index is 0.0543. The van der Waals surface area contributed by atoms with Crippen molar-refractivity contribution in [2.75, 3.05) is 16.8 Å². The average Bonchev–Trinajstić information content (AvgIpc) is 2.26. The van der Waals surface area contributed by atoms with E-state index in [0.717, 1.165) is 6.42 Å². The number of sulfone groups is 1. The standard InChI is InChI=1S/C12H15F2NO3S/c13-12(14)18-11-5-1-3-9(7-11)15-10-4-2-6-19(16,17)8-10/h1,3,5,7,10,12,15H,2,4,6,8H2. The lowest BCUT2D eigenvalue weighted by molar-refractivity contribution is -0.0498. The summed E-state index contributed by atoms with van der Waals surface area (Å²) in [6, 6.07) is 5.96. The van der Waals surface area contributed by atoms with Crippen molar-refractivity contribution < 1.29 is 21.9 Å². The van der Waals surface area contributed by atoms with Crippen molar-refractivity contribution in [3.63, 3.8) is 0 Å². The van der Waals surface area contributed by atoms with Gasteiger partial charge < -0.3 is 10.1 Å². The van der Waals surface area contributed by atoms with Crippen molar-refractivity contribution in [1.29, 1.82) is 0 Å². The van der Waals surface area contributed by atoms with E-state index in [1.54, 1.807) is 12.1 Å². The summed E-state index contributed by atoms with van der Waals surface area (Å²) in [7, 11) is -2.99. The van der Waals surface area contributed by atoms with Gasteiger partial charge in [-0.1, -0.05) is 6.07 Å². The Bertz CT molecular complexity index is 534. The molecule has 106 valence electrons. The third-order valence-electron chi connectivity index (χ3n) is 2.89. The lowest BCUT2D eigenvalue weighted by Crippen LogP contribution is -2.34. The Morgan fingerprint density at radius 3 is 2.84 bits per heavy atom. The quantitative estimate of drug-likeness (QED) is 0.924. The molecule has 0 saturated carbocycles. The highest BCUT2D eigenvalue weighted by Gasteiger charge is 2.24. The number of hydrogen-bond acceptors (Lipinski definition) is 4. The number of ether oxygens (including phenoxy) is 1. The van der Waals surface area contributed by atoms with Gasteiger partial charge in [0, 0.05) is 17.8 Å². The fourth-order valence-electron chi connectivity index (χ4n) is 2.13. The molecule has 7 heteroatoms. The SMILES string of the molecule is O=S1(=O)CCCC(Nc2cccc(OC(F)F)c2)C1. The minimum Gasteiger partial charge on any atom is -0.435 e. The molecule has 1 N–H and O–H groups in total. The van der Waals surface area contributed by atoms with Crippen LogP contribution in [0.2, 0.25) is 0 Å². The molecule has 1 aromatic carbocycles. The molecule has 2 rings (SSSR count). The van der Waals surface area contributed by atoms with E-state index < -0.39 is 16.4 Å². The minimum atomic E-state index is -2.99. The summed E-state index contributed by atoms with van der Waals surface area (Å²) in [4.78, 5) is 0. The maximum atomic E-state index is 12.1. The predicted molar refractivity (Wildman–Crippen MR) is 68.4 cm³/mol. The van der Waals surface area contributed by atoms with Gasteiger partial charge in [-0.05, 0) is 25.0 Å². The highest BCUT2D eigenvalue weighted by Crippen LogP contribution is 2.22. The molecule has 4 nitrogen and oxygen atoms in total. The molecule has 0 aromatic heterocycles. The molecule has 1 aliphatic heterocycles. The van der Waals surface area contributed by atoms with Crippen molar-refractivity contribution in [1.82, 2.24) is 0 Å². The molecule has 1 saturated heterocycles. The van der Waals surface area contributed by atoms with Crippen LogP contribution in [-0.2, 0) is 9.84 Å². The average molecular weight is 291 g/mol. The zero-order valence-electron chi connectivity index (χ0n) is 10.2. The third-order valence-corrected chi connectivity index (χ3v) is 4.71. The van der Waals surface area contributed by atoms with Gasteiger partial charge in [0.2, 0.25) is 0 Å². The molecule has 1 heterocycles. The molecule has 1 atom stereocenters. The third kappa shape index (κ3) is 4.34. The smallest absolute Gasteiger partial charge is 0.387 e.